The van der Waals surface area contributed by atoms with Gasteiger partial charge in [0.05, 0.1) is 6.61 Å². The van der Waals surface area contributed by atoms with Crippen LogP contribution in [0.15, 0.2) is 48.5 Å². The summed E-state index contributed by atoms with van der Waals surface area (Å²) < 4.78 is 5.70. The predicted octanol–water partition coefficient (Wildman–Crippen LogP) is 5.87. The Morgan fingerprint density at radius 3 is 2.41 bits per heavy atom. The Hall–Kier alpha value is -2.24. The van der Waals surface area contributed by atoms with E-state index in [0.29, 0.717) is 29.5 Å². The second-order valence-electron chi connectivity index (χ2n) is 7.76. The lowest BCUT2D eigenvalue weighted by atomic mass is 10.1. The molecule has 174 valence electrons. The highest BCUT2D eigenvalue weighted by Gasteiger charge is 2.29. The molecule has 0 saturated heterocycles. The molecule has 2 rings (SSSR count). The Bertz CT molecular complexity index is 877. The first-order valence-electron chi connectivity index (χ1n) is 11.1. The van der Waals surface area contributed by atoms with E-state index >= 15 is 0 Å². The fourth-order valence-electron chi connectivity index (χ4n) is 3.27. The van der Waals surface area contributed by atoms with E-state index in [-0.39, 0.29) is 30.8 Å². The predicted molar refractivity (Wildman–Crippen MR) is 130 cm³/mol. The van der Waals surface area contributed by atoms with Crippen molar-refractivity contribution in [3.8, 4) is 5.75 Å². The second-order valence-corrected chi connectivity index (χ2v) is 8.61. The molecule has 0 unspecified atom stereocenters. The fraction of sp³-hybridized carbons (Fsp3) is 0.440. The lowest BCUT2D eigenvalue weighted by Gasteiger charge is -2.31. The van der Waals surface area contributed by atoms with Crippen molar-refractivity contribution in [2.75, 3.05) is 6.61 Å². The largest absolute Gasteiger partial charge is 0.494 e. The summed E-state index contributed by atoms with van der Waals surface area (Å²) >= 11 is 12.4. The number of halogens is 2. The summed E-state index contributed by atoms with van der Waals surface area (Å²) in [6.07, 6.45) is 2.13. The summed E-state index contributed by atoms with van der Waals surface area (Å²) in [6.45, 7) is 6.52. The minimum atomic E-state index is -0.585. The first-order valence-corrected chi connectivity index (χ1v) is 11.8. The van der Waals surface area contributed by atoms with Crippen LogP contribution in [-0.2, 0) is 16.1 Å². The molecule has 0 aromatic heterocycles. The second kappa shape index (κ2) is 13.3. The Kier molecular flexibility index (Phi) is 10.8. The van der Waals surface area contributed by atoms with Gasteiger partial charge in [0.1, 0.15) is 11.8 Å². The molecule has 2 aromatic carbocycles. The maximum absolute atomic E-state index is 13.2. The molecule has 0 spiro atoms. The number of carbonyl (C=O) groups is 2. The first-order chi connectivity index (χ1) is 15.3. The number of benzene rings is 2. The van der Waals surface area contributed by atoms with Crippen molar-refractivity contribution >= 4 is 35.0 Å². The van der Waals surface area contributed by atoms with Gasteiger partial charge < -0.3 is 15.0 Å². The molecule has 0 aliphatic carbocycles. The molecule has 0 bridgehead atoms. The van der Waals surface area contributed by atoms with E-state index in [0.717, 1.165) is 17.7 Å². The van der Waals surface area contributed by atoms with Gasteiger partial charge in [0.2, 0.25) is 11.8 Å². The fourth-order valence-corrected chi connectivity index (χ4v) is 3.74. The van der Waals surface area contributed by atoms with E-state index in [4.69, 9.17) is 27.9 Å². The Balaban J connectivity index is 2.11. The summed E-state index contributed by atoms with van der Waals surface area (Å²) in [6, 6.07) is 14.1. The van der Waals surface area contributed by atoms with E-state index in [1.165, 1.54) is 0 Å². The average Bonchev–Trinajstić information content (AvgIpc) is 2.78. The van der Waals surface area contributed by atoms with Gasteiger partial charge in [-0.1, -0.05) is 61.3 Å². The van der Waals surface area contributed by atoms with Crippen molar-refractivity contribution in [1.29, 1.82) is 0 Å². The van der Waals surface area contributed by atoms with Gasteiger partial charge in [-0.15, -0.1) is 0 Å². The Labute approximate surface area is 201 Å². The van der Waals surface area contributed by atoms with Crippen LogP contribution in [0.1, 0.15) is 52.0 Å². The molecule has 0 aliphatic rings. The third-order valence-corrected chi connectivity index (χ3v) is 5.88. The third-order valence-electron chi connectivity index (χ3n) is 5.29. The zero-order valence-corrected chi connectivity index (χ0v) is 20.5. The minimum absolute atomic E-state index is 0.0342. The van der Waals surface area contributed by atoms with Crippen LogP contribution in [0.3, 0.4) is 0 Å². The number of carbonyl (C=O) groups excluding carboxylic acids is 2. The number of hydrogen-bond acceptors (Lipinski definition) is 3. The third kappa shape index (κ3) is 8.03. The van der Waals surface area contributed by atoms with Crippen LogP contribution in [0.25, 0.3) is 0 Å². The van der Waals surface area contributed by atoms with E-state index in [1.807, 2.05) is 51.1 Å². The zero-order valence-electron chi connectivity index (χ0n) is 18.9. The van der Waals surface area contributed by atoms with Gasteiger partial charge in [-0.2, -0.15) is 0 Å². The zero-order chi connectivity index (χ0) is 23.5. The maximum atomic E-state index is 13.2. The van der Waals surface area contributed by atoms with Gasteiger partial charge in [-0.05, 0) is 56.0 Å². The van der Waals surface area contributed by atoms with Crippen molar-refractivity contribution in [3.05, 3.63) is 64.1 Å². The summed E-state index contributed by atoms with van der Waals surface area (Å²) in [7, 11) is 0. The van der Waals surface area contributed by atoms with Gasteiger partial charge >= 0.3 is 0 Å². The van der Waals surface area contributed by atoms with Gasteiger partial charge in [-0.25, -0.2) is 0 Å². The van der Waals surface area contributed by atoms with Crippen LogP contribution in [0, 0.1) is 0 Å². The van der Waals surface area contributed by atoms with Crippen molar-refractivity contribution < 1.29 is 14.3 Å². The van der Waals surface area contributed by atoms with Gasteiger partial charge in [0, 0.05) is 29.1 Å². The van der Waals surface area contributed by atoms with Crippen LogP contribution in [0.4, 0.5) is 0 Å². The summed E-state index contributed by atoms with van der Waals surface area (Å²) in [5.41, 5.74) is 0.750. The summed E-state index contributed by atoms with van der Waals surface area (Å²) in [4.78, 5) is 27.8. The molecule has 2 amide bonds. The topological polar surface area (TPSA) is 58.6 Å². The Morgan fingerprint density at radius 2 is 1.78 bits per heavy atom. The molecule has 2 aromatic rings. The number of ether oxygens (including phenoxy) is 1. The first kappa shape index (κ1) is 26.0. The van der Waals surface area contributed by atoms with Crippen LogP contribution in [-0.4, -0.2) is 35.4 Å². The smallest absolute Gasteiger partial charge is 0.243 e. The molecule has 0 fully saturated rings. The standard InChI is InChI=1S/C25H32Cl2N2O3/c1-4-18(3)28-25(31)23(5-2)29(17-19-13-14-20(26)16-22(19)27)24(30)12-9-15-32-21-10-7-6-8-11-21/h6-8,10-11,13-14,16,18,23H,4-5,9,12,15,17H2,1-3H3,(H,28,31)/t18-,23-/m0/s1. The molecule has 0 aliphatic heterocycles. The van der Waals surface area contributed by atoms with Crippen molar-refractivity contribution in [1.82, 2.24) is 10.2 Å². The molecule has 32 heavy (non-hydrogen) atoms. The lowest BCUT2D eigenvalue weighted by molar-refractivity contribution is -0.141. The highest BCUT2D eigenvalue weighted by atomic mass is 35.5. The van der Waals surface area contributed by atoms with E-state index in [2.05, 4.69) is 5.32 Å². The van der Waals surface area contributed by atoms with Crippen molar-refractivity contribution in [2.24, 2.45) is 0 Å². The van der Waals surface area contributed by atoms with Gasteiger partial charge in [0.25, 0.3) is 0 Å². The number of hydrogen-bond donors (Lipinski definition) is 1. The summed E-state index contributed by atoms with van der Waals surface area (Å²) in [5, 5.41) is 4.00. The maximum Gasteiger partial charge on any atom is 0.243 e. The molecule has 7 heteroatoms. The SMILES string of the molecule is CC[C@H](C)NC(=O)[C@H](CC)N(Cc1ccc(Cl)cc1Cl)C(=O)CCCOc1ccccc1. The number of nitrogens with zero attached hydrogens (tertiary/aromatic N) is 1. The number of nitrogens with one attached hydrogen (secondary N) is 1. The highest BCUT2D eigenvalue weighted by molar-refractivity contribution is 6.35. The van der Waals surface area contributed by atoms with Gasteiger partial charge in [0.15, 0.2) is 0 Å². The quantitative estimate of drug-likeness (QED) is 0.387. The molecular weight excluding hydrogens is 447 g/mol. The molecule has 1 N–H and O–H groups in total. The van der Waals surface area contributed by atoms with E-state index < -0.39 is 6.04 Å². The van der Waals surface area contributed by atoms with Crippen LogP contribution < -0.4 is 10.1 Å². The molecule has 0 heterocycles. The van der Waals surface area contributed by atoms with Crippen LogP contribution in [0.2, 0.25) is 10.0 Å². The molecule has 5 nitrogen and oxygen atoms in total. The normalized spacial score (nSPS) is 12.7. The molecule has 2 atom stereocenters. The highest BCUT2D eigenvalue weighted by Crippen LogP contribution is 2.24. The monoisotopic (exact) mass is 478 g/mol. The average molecular weight is 479 g/mol. The molecular formula is C25H32Cl2N2O3. The van der Waals surface area contributed by atoms with Crippen LogP contribution >= 0.6 is 23.2 Å². The van der Waals surface area contributed by atoms with Crippen LogP contribution in [0.5, 0.6) is 5.75 Å². The van der Waals surface area contributed by atoms with Crippen molar-refractivity contribution in [3.63, 3.8) is 0 Å². The number of amides is 2. The molecule has 0 radical (unpaired) electrons. The number of para-hydroxylation sites is 1. The lowest BCUT2D eigenvalue weighted by Crippen LogP contribution is -2.50. The Morgan fingerprint density at radius 1 is 1.06 bits per heavy atom. The van der Waals surface area contributed by atoms with E-state index in [9.17, 15) is 9.59 Å². The van der Waals surface area contributed by atoms with E-state index in [1.54, 1.807) is 23.1 Å². The minimum Gasteiger partial charge on any atom is -0.494 e. The molecule has 0 saturated carbocycles. The van der Waals surface area contributed by atoms with Gasteiger partial charge in [-0.3, -0.25) is 9.59 Å². The van der Waals surface area contributed by atoms with Crippen molar-refractivity contribution in [2.45, 2.75) is 65.1 Å². The summed E-state index contributed by atoms with van der Waals surface area (Å²) in [5.74, 6) is 0.503. The number of rotatable bonds is 12.